The quantitative estimate of drug-likeness (QED) is 0.122. The molecule has 42 heavy (non-hydrogen) atoms. The molecule has 0 nitrogen and oxygen atoms in total. The summed E-state index contributed by atoms with van der Waals surface area (Å²) in [5.41, 5.74) is 5.52. The maximum atomic E-state index is 6.25. The van der Waals surface area contributed by atoms with Crippen molar-refractivity contribution < 1.29 is 18.6 Å². The molecular formula is C39H40Cl2Hf-2. The average Bonchev–Trinajstić information content (AvgIpc) is 3.65. The van der Waals surface area contributed by atoms with E-state index >= 15 is 0 Å². The molecule has 0 N–H and O–H groups in total. The van der Waals surface area contributed by atoms with Crippen LogP contribution in [0.25, 0.3) is 21.5 Å². The third-order valence-corrected chi connectivity index (χ3v) is 13.8. The van der Waals surface area contributed by atoms with Gasteiger partial charge in [0, 0.05) is 0 Å². The molecular weight excluding hydrogens is 718 g/mol. The summed E-state index contributed by atoms with van der Waals surface area (Å²) >= 11 is -2.60. The van der Waals surface area contributed by atoms with E-state index in [2.05, 4.69) is 108 Å². The number of rotatable bonds is 2. The van der Waals surface area contributed by atoms with Gasteiger partial charge in [-0.15, -0.1) is 39.7 Å². The van der Waals surface area contributed by atoms with E-state index in [4.69, 9.17) is 17.2 Å². The number of benzene rings is 4. The van der Waals surface area contributed by atoms with Gasteiger partial charge >= 0.3 is 111 Å². The van der Waals surface area contributed by atoms with E-state index in [0.717, 1.165) is 14.4 Å². The van der Waals surface area contributed by atoms with E-state index in [9.17, 15) is 0 Å². The predicted molar refractivity (Wildman–Crippen MR) is 184 cm³/mol. The monoisotopic (exact) mass is 758 g/mol. The van der Waals surface area contributed by atoms with Crippen molar-refractivity contribution in [3.8, 4) is 0 Å². The smallest absolute Gasteiger partial charge is 0.172 e. The van der Waals surface area contributed by atoms with Gasteiger partial charge in [0.1, 0.15) is 0 Å². The molecule has 216 valence electrons. The average molecular weight is 758 g/mol. The molecule has 0 spiro atoms. The van der Waals surface area contributed by atoms with Gasteiger partial charge in [-0.3, -0.25) is 0 Å². The van der Waals surface area contributed by atoms with Crippen molar-refractivity contribution >= 4 is 42.0 Å². The van der Waals surface area contributed by atoms with Crippen LogP contribution in [0.5, 0.6) is 0 Å². The zero-order chi connectivity index (χ0) is 30.3. The SMILES string of the molecule is CC(C)(C)c1ccc2c(c1)[cH-]c1cc(C(C)(C)C)ccc12.[Cl][Hf]([Cl])=[C](c1ccccc1)c1ccccc1.c1cc[cH-]c1. The summed E-state index contributed by atoms with van der Waals surface area (Å²) in [4.78, 5) is 0. The molecule has 3 heteroatoms. The Kier molecular flexibility index (Phi) is 11.0. The van der Waals surface area contributed by atoms with Crippen molar-refractivity contribution in [3.63, 3.8) is 0 Å². The van der Waals surface area contributed by atoms with E-state index in [1.54, 1.807) is 0 Å². The maximum absolute atomic E-state index is 6.25. The third-order valence-electron chi connectivity index (χ3n) is 7.31. The summed E-state index contributed by atoms with van der Waals surface area (Å²) in [6.45, 7) is 13.6. The van der Waals surface area contributed by atoms with Crippen molar-refractivity contribution in [3.05, 3.63) is 156 Å². The Bertz CT molecular complexity index is 1600. The molecule has 0 saturated heterocycles. The molecule has 0 aliphatic carbocycles. The van der Waals surface area contributed by atoms with Crippen LogP contribution in [0.15, 0.2) is 133 Å². The molecule has 0 aliphatic heterocycles. The summed E-state index contributed by atoms with van der Waals surface area (Å²) in [6.07, 6.45) is 0. The topological polar surface area (TPSA) is 0 Å². The largest absolute Gasteiger partial charge is 0.214 e. The predicted octanol–water partition coefficient (Wildman–Crippen LogP) is 11.9. The van der Waals surface area contributed by atoms with Crippen LogP contribution < -0.4 is 0 Å². The fourth-order valence-electron chi connectivity index (χ4n) is 4.87. The van der Waals surface area contributed by atoms with Crippen LogP contribution in [0.2, 0.25) is 0 Å². The summed E-state index contributed by atoms with van der Waals surface area (Å²) in [5, 5.41) is 5.48. The molecule has 0 saturated carbocycles. The molecule has 0 atom stereocenters. The molecule has 6 aromatic rings. The van der Waals surface area contributed by atoms with Gasteiger partial charge in [-0.05, 0) is 10.8 Å². The molecule has 6 aromatic carbocycles. The normalized spacial score (nSPS) is 11.3. The van der Waals surface area contributed by atoms with Crippen molar-refractivity contribution in [2.75, 3.05) is 0 Å². The van der Waals surface area contributed by atoms with Crippen LogP contribution >= 0.6 is 17.2 Å². The van der Waals surface area contributed by atoms with Crippen LogP contribution in [0.3, 0.4) is 0 Å². The summed E-state index contributed by atoms with van der Waals surface area (Å²) in [7, 11) is 12.5. The Balaban J connectivity index is 0.000000170. The van der Waals surface area contributed by atoms with E-state index in [1.807, 2.05) is 66.7 Å². The standard InChI is InChI=1S/C21H25.C13H10.C5H5.2ClH.Hf/c1-20(2,3)16-7-9-18-14(12-16)11-15-13-17(21(4,5)6)8-10-19(15)18;1-3-7-12(8-4-1)11-13-9-5-2-6-10-13;1-2-4-5-3-1;;;/h7-13H,1-6H3;1-10H;1-5H;2*1H;/q-1;;-1;;;+2/p-2. The number of halogens is 2. The molecule has 0 unspecified atom stereocenters. The third kappa shape index (κ3) is 8.50. The maximum Gasteiger partial charge on any atom is -0.172 e. The van der Waals surface area contributed by atoms with E-state index in [1.165, 1.54) is 32.7 Å². The van der Waals surface area contributed by atoms with E-state index < -0.39 is 18.6 Å². The van der Waals surface area contributed by atoms with Crippen LogP contribution in [0.4, 0.5) is 0 Å². The van der Waals surface area contributed by atoms with Crippen molar-refractivity contribution in [2.45, 2.75) is 52.4 Å². The Hall–Kier alpha value is -2.58. The van der Waals surface area contributed by atoms with Crippen LogP contribution in [0.1, 0.15) is 63.8 Å². The molecule has 0 heterocycles. The van der Waals surface area contributed by atoms with E-state index in [0.29, 0.717) is 0 Å². The minimum Gasteiger partial charge on any atom is -0.214 e. The van der Waals surface area contributed by atoms with Gasteiger partial charge in [0.25, 0.3) is 0 Å². The molecule has 0 aliphatic rings. The molecule has 0 aromatic heterocycles. The Labute approximate surface area is 266 Å². The molecule has 0 bridgehead atoms. The van der Waals surface area contributed by atoms with Crippen LogP contribution in [0, 0.1) is 0 Å². The Morgan fingerprint density at radius 3 is 1.26 bits per heavy atom. The fourth-order valence-corrected chi connectivity index (χ4v) is 11.2. The van der Waals surface area contributed by atoms with Gasteiger partial charge < -0.3 is 0 Å². The van der Waals surface area contributed by atoms with Gasteiger partial charge in [-0.2, -0.15) is 18.2 Å². The van der Waals surface area contributed by atoms with Crippen molar-refractivity contribution in [1.82, 2.24) is 0 Å². The molecule has 6 rings (SSSR count). The second-order valence-corrected chi connectivity index (χ2v) is 24.0. The van der Waals surface area contributed by atoms with Gasteiger partial charge in [0.05, 0.1) is 0 Å². The van der Waals surface area contributed by atoms with Crippen molar-refractivity contribution in [1.29, 1.82) is 0 Å². The van der Waals surface area contributed by atoms with Crippen LogP contribution in [-0.2, 0) is 29.4 Å². The second-order valence-electron chi connectivity index (χ2n) is 12.6. The zero-order valence-electron chi connectivity index (χ0n) is 25.5. The Morgan fingerprint density at radius 2 is 0.952 bits per heavy atom. The summed E-state index contributed by atoms with van der Waals surface area (Å²) in [5.74, 6) is 0. The number of fused-ring (bicyclic) bond motifs is 3. The van der Waals surface area contributed by atoms with Crippen molar-refractivity contribution in [2.24, 2.45) is 0 Å². The molecule has 0 radical (unpaired) electrons. The first kappa shape index (κ1) is 32.3. The first-order valence-electron chi connectivity index (χ1n) is 14.4. The zero-order valence-corrected chi connectivity index (χ0v) is 30.6. The van der Waals surface area contributed by atoms with Gasteiger partial charge in [0.15, 0.2) is 0 Å². The summed E-state index contributed by atoms with van der Waals surface area (Å²) in [6, 6.07) is 46.5. The van der Waals surface area contributed by atoms with Crippen LogP contribution in [-0.4, -0.2) is 3.26 Å². The Morgan fingerprint density at radius 1 is 0.548 bits per heavy atom. The van der Waals surface area contributed by atoms with Gasteiger partial charge in [-0.25, -0.2) is 12.1 Å². The minimum absolute atomic E-state index is 0.203. The minimum atomic E-state index is -2.60. The first-order chi connectivity index (χ1) is 19.9. The number of hydrogen-bond donors (Lipinski definition) is 0. The second kappa shape index (κ2) is 14.3. The van der Waals surface area contributed by atoms with Gasteiger partial charge in [0.2, 0.25) is 0 Å². The fraction of sp³-hybridized carbons (Fsp3) is 0.205. The van der Waals surface area contributed by atoms with E-state index in [-0.39, 0.29) is 10.8 Å². The van der Waals surface area contributed by atoms with Gasteiger partial charge in [-0.1, -0.05) is 76.9 Å². The summed E-state index contributed by atoms with van der Waals surface area (Å²) < 4.78 is 1.16. The number of hydrogen-bond acceptors (Lipinski definition) is 0. The molecule has 0 fully saturated rings. The first-order valence-corrected chi connectivity index (χ1v) is 25.1. The molecule has 0 amide bonds.